The minimum absolute atomic E-state index is 0.809. The largest absolute Gasteiger partial charge is 0.494 e. The van der Waals surface area contributed by atoms with E-state index in [0.29, 0.717) is 0 Å². The molecule has 0 radical (unpaired) electrons. The van der Waals surface area contributed by atoms with Crippen molar-refractivity contribution in [1.82, 2.24) is 9.97 Å². The Morgan fingerprint density at radius 2 is 1.05 bits per heavy atom. The Bertz CT molecular complexity index is 1140. The molecule has 3 aromatic carbocycles. The van der Waals surface area contributed by atoms with Crippen LogP contribution in [-0.4, -0.2) is 16.6 Å². The fourth-order valence-corrected chi connectivity index (χ4v) is 5.14. The molecule has 0 aliphatic carbocycles. The van der Waals surface area contributed by atoms with Gasteiger partial charge in [-0.25, -0.2) is 4.98 Å². The normalized spacial score (nSPS) is 11.3. The number of unbranched alkanes of at least 4 members (excludes halogenated alkanes) is 13. The molecule has 1 aromatic heterocycles. The highest BCUT2D eigenvalue weighted by Crippen LogP contribution is 2.26. The second kappa shape index (κ2) is 16.0. The van der Waals surface area contributed by atoms with Crippen molar-refractivity contribution in [1.29, 1.82) is 0 Å². The molecule has 202 valence electrons. The average Bonchev–Trinajstić information content (AvgIpc) is 3.40. The third kappa shape index (κ3) is 9.04. The van der Waals surface area contributed by atoms with Crippen LogP contribution in [0.4, 0.5) is 0 Å². The molecule has 4 rings (SSSR count). The number of rotatable bonds is 18. The quantitative estimate of drug-likeness (QED) is 0.135. The summed E-state index contributed by atoms with van der Waals surface area (Å²) in [7, 11) is 0. The van der Waals surface area contributed by atoms with Crippen molar-refractivity contribution in [2.45, 2.75) is 96.8 Å². The Balaban J connectivity index is 1.07. The molecule has 0 unspecified atom stereocenters. The third-order valence-electron chi connectivity index (χ3n) is 7.50. The maximum Gasteiger partial charge on any atom is 0.138 e. The molecule has 4 aromatic rings. The number of benzene rings is 3. The van der Waals surface area contributed by atoms with Crippen LogP contribution in [0.2, 0.25) is 0 Å². The fourth-order valence-electron chi connectivity index (χ4n) is 5.14. The summed E-state index contributed by atoms with van der Waals surface area (Å²) in [6, 6.07) is 25.2. The van der Waals surface area contributed by atoms with Crippen molar-refractivity contribution in [3.63, 3.8) is 0 Å². The van der Waals surface area contributed by atoms with E-state index in [0.717, 1.165) is 41.2 Å². The number of imidazole rings is 1. The first kappa shape index (κ1) is 28.0. The molecule has 0 saturated carbocycles. The molecular formula is C35H46N2O. The Kier molecular flexibility index (Phi) is 11.8. The Morgan fingerprint density at radius 1 is 0.553 bits per heavy atom. The molecule has 1 heterocycles. The second-order valence-corrected chi connectivity index (χ2v) is 10.6. The molecule has 0 atom stereocenters. The van der Waals surface area contributed by atoms with Crippen LogP contribution in [0.25, 0.3) is 33.5 Å². The lowest BCUT2D eigenvalue weighted by atomic mass is 10.0. The van der Waals surface area contributed by atoms with Crippen LogP contribution >= 0.6 is 0 Å². The number of aromatic nitrogens is 2. The van der Waals surface area contributed by atoms with Crippen molar-refractivity contribution in [3.8, 4) is 28.3 Å². The number of fused-ring (bicyclic) bond motifs is 1. The average molecular weight is 511 g/mol. The molecule has 0 saturated heterocycles. The van der Waals surface area contributed by atoms with Gasteiger partial charge in [-0.2, -0.15) is 0 Å². The van der Waals surface area contributed by atoms with E-state index >= 15 is 0 Å². The lowest BCUT2D eigenvalue weighted by molar-refractivity contribution is 0.304. The Labute approximate surface area is 230 Å². The van der Waals surface area contributed by atoms with Gasteiger partial charge in [0.2, 0.25) is 0 Å². The van der Waals surface area contributed by atoms with Crippen LogP contribution < -0.4 is 4.74 Å². The highest BCUT2D eigenvalue weighted by Gasteiger charge is 2.06. The van der Waals surface area contributed by atoms with Crippen LogP contribution in [0.1, 0.15) is 96.8 Å². The number of nitrogens with one attached hydrogen (secondary N) is 1. The van der Waals surface area contributed by atoms with Crippen LogP contribution in [0.5, 0.6) is 5.75 Å². The molecule has 0 amide bonds. The minimum atomic E-state index is 0.809. The van der Waals surface area contributed by atoms with Crippen LogP contribution in [0, 0.1) is 0 Å². The van der Waals surface area contributed by atoms with E-state index in [1.54, 1.807) is 0 Å². The number of hydrogen-bond acceptors (Lipinski definition) is 2. The summed E-state index contributed by atoms with van der Waals surface area (Å²) >= 11 is 0. The summed E-state index contributed by atoms with van der Waals surface area (Å²) in [6.07, 6.45) is 19.3. The maximum absolute atomic E-state index is 6.00. The third-order valence-corrected chi connectivity index (χ3v) is 7.50. The topological polar surface area (TPSA) is 37.9 Å². The SMILES string of the molecule is CCCCCCCCCCCCCCCCOc1ccc(-c2ccc(-c3nc4ccccc4[nH]3)cc2)cc1. The smallest absolute Gasteiger partial charge is 0.138 e. The van der Waals surface area contributed by atoms with E-state index in [-0.39, 0.29) is 0 Å². The molecule has 0 spiro atoms. The van der Waals surface area contributed by atoms with Gasteiger partial charge in [-0.1, -0.05) is 139 Å². The lowest BCUT2D eigenvalue weighted by Gasteiger charge is -2.08. The van der Waals surface area contributed by atoms with Crippen molar-refractivity contribution in [3.05, 3.63) is 72.8 Å². The van der Waals surface area contributed by atoms with Gasteiger partial charge in [-0.3, -0.25) is 0 Å². The summed E-state index contributed by atoms with van der Waals surface area (Å²) in [6.45, 7) is 3.10. The zero-order chi connectivity index (χ0) is 26.3. The second-order valence-electron chi connectivity index (χ2n) is 10.6. The summed E-state index contributed by atoms with van der Waals surface area (Å²) in [5.74, 6) is 1.87. The number of hydrogen-bond donors (Lipinski definition) is 1. The number of ether oxygens (including phenoxy) is 1. The van der Waals surface area contributed by atoms with E-state index in [4.69, 9.17) is 9.72 Å². The number of H-pyrrole nitrogens is 1. The van der Waals surface area contributed by atoms with Crippen molar-refractivity contribution < 1.29 is 4.74 Å². The molecule has 1 N–H and O–H groups in total. The van der Waals surface area contributed by atoms with E-state index in [2.05, 4.69) is 66.5 Å². The molecule has 0 aliphatic rings. The summed E-state index contributed by atoms with van der Waals surface area (Å²) in [5, 5.41) is 0. The highest BCUT2D eigenvalue weighted by molar-refractivity contribution is 5.79. The highest BCUT2D eigenvalue weighted by atomic mass is 16.5. The van der Waals surface area contributed by atoms with Gasteiger partial charge >= 0.3 is 0 Å². The van der Waals surface area contributed by atoms with Gasteiger partial charge < -0.3 is 9.72 Å². The van der Waals surface area contributed by atoms with Crippen LogP contribution in [0.3, 0.4) is 0 Å². The Hall–Kier alpha value is -3.07. The first-order valence-electron chi connectivity index (χ1n) is 15.1. The zero-order valence-electron chi connectivity index (χ0n) is 23.4. The molecule has 0 bridgehead atoms. The van der Waals surface area contributed by atoms with E-state index in [1.807, 2.05) is 18.2 Å². The van der Waals surface area contributed by atoms with Gasteiger partial charge in [-0.05, 0) is 41.8 Å². The van der Waals surface area contributed by atoms with Crippen LogP contribution in [0.15, 0.2) is 72.8 Å². The minimum Gasteiger partial charge on any atom is -0.494 e. The standard InChI is InChI=1S/C35H46N2O/c1-2-3-4-5-6-7-8-9-10-11-12-13-14-17-28-38-32-26-24-30(25-27-32)29-20-22-31(23-21-29)35-36-33-18-15-16-19-34(33)37-35/h15-16,18-27H,2-14,17,28H2,1H3,(H,36,37). The summed E-state index contributed by atoms with van der Waals surface area (Å²) in [5.41, 5.74) is 5.55. The maximum atomic E-state index is 6.00. The molecule has 0 aliphatic heterocycles. The number of aromatic amines is 1. The van der Waals surface area contributed by atoms with E-state index in [9.17, 15) is 0 Å². The monoisotopic (exact) mass is 510 g/mol. The molecule has 3 heteroatoms. The number of para-hydroxylation sites is 2. The van der Waals surface area contributed by atoms with Gasteiger partial charge in [0.25, 0.3) is 0 Å². The molecular weight excluding hydrogens is 464 g/mol. The molecule has 3 nitrogen and oxygen atoms in total. The Morgan fingerprint density at radius 3 is 1.63 bits per heavy atom. The summed E-state index contributed by atoms with van der Waals surface area (Å²) < 4.78 is 6.00. The van der Waals surface area contributed by atoms with Crippen molar-refractivity contribution in [2.24, 2.45) is 0 Å². The molecule has 0 fully saturated rings. The predicted octanol–water partition coefficient (Wildman–Crippen LogP) is 10.8. The van der Waals surface area contributed by atoms with Gasteiger partial charge in [0, 0.05) is 5.56 Å². The number of nitrogens with zero attached hydrogens (tertiary/aromatic N) is 1. The van der Waals surface area contributed by atoms with E-state index < -0.39 is 0 Å². The zero-order valence-corrected chi connectivity index (χ0v) is 23.4. The van der Waals surface area contributed by atoms with Gasteiger partial charge in [0.05, 0.1) is 17.6 Å². The van der Waals surface area contributed by atoms with Crippen LogP contribution in [-0.2, 0) is 0 Å². The van der Waals surface area contributed by atoms with Gasteiger partial charge in [-0.15, -0.1) is 0 Å². The molecule has 38 heavy (non-hydrogen) atoms. The first-order chi connectivity index (χ1) is 18.8. The fraction of sp³-hybridized carbons (Fsp3) is 0.457. The predicted molar refractivity (Wildman–Crippen MR) is 163 cm³/mol. The lowest BCUT2D eigenvalue weighted by Crippen LogP contribution is -1.97. The van der Waals surface area contributed by atoms with Crippen molar-refractivity contribution >= 4 is 11.0 Å². The van der Waals surface area contributed by atoms with E-state index in [1.165, 1.54) is 94.6 Å². The van der Waals surface area contributed by atoms with Gasteiger partial charge in [0.15, 0.2) is 0 Å². The van der Waals surface area contributed by atoms with Gasteiger partial charge in [0.1, 0.15) is 11.6 Å². The summed E-state index contributed by atoms with van der Waals surface area (Å²) in [4.78, 5) is 8.11. The van der Waals surface area contributed by atoms with Crippen molar-refractivity contribution in [2.75, 3.05) is 6.61 Å². The first-order valence-corrected chi connectivity index (χ1v) is 15.1.